The monoisotopic (exact) mass is 389 g/mol. The maximum atomic E-state index is 10.1. The minimum Gasteiger partial charge on any atom is -0.305 e. The number of nitrogens with one attached hydrogen (secondary N) is 1. The lowest BCUT2D eigenvalue weighted by Gasteiger charge is -2.47. The van der Waals surface area contributed by atoms with Gasteiger partial charge in [0.2, 0.25) is 0 Å². The van der Waals surface area contributed by atoms with Crippen LogP contribution in [0.25, 0.3) is 0 Å². The van der Waals surface area contributed by atoms with Gasteiger partial charge in [-0.1, -0.05) is 25.1 Å². The zero-order valence-electron chi connectivity index (χ0n) is 16.1. The van der Waals surface area contributed by atoms with Crippen LogP contribution in [0.4, 0.5) is 0 Å². The summed E-state index contributed by atoms with van der Waals surface area (Å²) < 4.78 is 0. The summed E-state index contributed by atoms with van der Waals surface area (Å²) in [5, 5.41) is 38.5. The lowest BCUT2D eigenvalue weighted by molar-refractivity contribution is 0.204. The summed E-state index contributed by atoms with van der Waals surface area (Å²) >= 11 is 1.63. The van der Waals surface area contributed by atoms with Gasteiger partial charge in [-0.25, -0.2) is 0 Å². The summed E-state index contributed by atoms with van der Waals surface area (Å²) in [5.41, 5.74) is 0.0833. The van der Waals surface area contributed by atoms with Crippen molar-refractivity contribution < 1.29 is 0 Å². The molecule has 0 aromatic heterocycles. The molecule has 0 spiro atoms. The predicted octanol–water partition coefficient (Wildman–Crippen LogP) is 3.97. The summed E-state index contributed by atoms with van der Waals surface area (Å²) in [5.74, 6) is -1.38. The third-order valence-corrected chi connectivity index (χ3v) is 6.62. The molecule has 1 N–H and O–H groups in total. The SMILES string of the molecule is CCCN1CC=C2C(C#N)C(=N)C(C#N)(C#N)[C@H](c3ccc(SC)cc3)[C@H]2C1. The second kappa shape index (κ2) is 8.19. The molecule has 1 fully saturated rings. The highest BCUT2D eigenvalue weighted by Gasteiger charge is 2.57. The van der Waals surface area contributed by atoms with Crippen LogP contribution in [0.15, 0.2) is 40.8 Å². The molecule has 28 heavy (non-hydrogen) atoms. The number of nitriles is 3. The molecule has 0 amide bonds. The highest BCUT2D eigenvalue weighted by molar-refractivity contribution is 7.98. The van der Waals surface area contributed by atoms with Crippen LogP contribution in [-0.4, -0.2) is 36.5 Å². The largest absolute Gasteiger partial charge is 0.305 e. The Morgan fingerprint density at radius 3 is 2.43 bits per heavy atom. The van der Waals surface area contributed by atoms with Gasteiger partial charge in [0.1, 0.15) is 5.92 Å². The van der Waals surface area contributed by atoms with Crippen molar-refractivity contribution in [2.75, 3.05) is 25.9 Å². The minimum absolute atomic E-state index is 0.0783. The Hall–Kier alpha value is -2.59. The van der Waals surface area contributed by atoms with Crippen LogP contribution in [0, 0.1) is 56.7 Å². The quantitative estimate of drug-likeness (QED) is 0.620. The van der Waals surface area contributed by atoms with E-state index in [9.17, 15) is 15.8 Å². The average Bonchev–Trinajstić information content (AvgIpc) is 2.73. The number of nitrogens with zero attached hydrogens (tertiary/aromatic N) is 4. The van der Waals surface area contributed by atoms with E-state index in [1.165, 1.54) is 0 Å². The minimum atomic E-state index is -1.63. The van der Waals surface area contributed by atoms with Crippen LogP contribution in [0.1, 0.15) is 24.8 Å². The molecule has 2 aliphatic rings. The van der Waals surface area contributed by atoms with E-state index in [2.05, 4.69) is 30.0 Å². The first-order chi connectivity index (χ1) is 13.6. The van der Waals surface area contributed by atoms with E-state index in [4.69, 9.17) is 5.41 Å². The average molecular weight is 390 g/mol. The van der Waals surface area contributed by atoms with Gasteiger partial charge in [-0.2, -0.15) is 15.8 Å². The molecule has 3 rings (SSSR count). The second-order valence-electron chi connectivity index (χ2n) is 7.33. The first kappa shape index (κ1) is 20.2. The van der Waals surface area contributed by atoms with Crippen molar-refractivity contribution in [1.82, 2.24) is 4.90 Å². The van der Waals surface area contributed by atoms with Crippen molar-refractivity contribution >= 4 is 17.5 Å². The Bertz CT molecular complexity index is 898. The molecule has 1 unspecified atom stereocenters. The molecule has 6 heteroatoms. The van der Waals surface area contributed by atoms with Crippen molar-refractivity contribution in [3.8, 4) is 18.2 Å². The van der Waals surface area contributed by atoms with Crippen LogP contribution < -0.4 is 0 Å². The van der Waals surface area contributed by atoms with E-state index in [0.717, 1.165) is 35.5 Å². The first-order valence-electron chi connectivity index (χ1n) is 9.43. The fourth-order valence-corrected chi connectivity index (χ4v) is 4.96. The zero-order chi connectivity index (χ0) is 20.3. The van der Waals surface area contributed by atoms with Gasteiger partial charge in [0.25, 0.3) is 0 Å². The van der Waals surface area contributed by atoms with Crippen LogP contribution in [0.3, 0.4) is 0 Å². The van der Waals surface area contributed by atoms with Crippen LogP contribution >= 0.6 is 11.8 Å². The van der Waals surface area contributed by atoms with Crippen molar-refractivity contribution in [2.45, 2.75) is 24.2 Å². The van der Waals surface area contributed by atoms with Crippen LogP contribution in [0.2, 0.25) is 0 Å². The van der Waals surface area contributed by atoms with Gasteiger partial charge >= 0.3 is 0 Å². The number of benzene rings is 1. The molecule has 1 saturated carbocycles. The van der Waals surface area contributed by atoms with Crippen molar-refractivity contribution in [3.05, 3.63) is 41.5 Å². The van der Waals surface area contributed by atoms with Gasteiger partial charge in [-0.15, -0.1) is 11.8 Å². The maximum Gasteiger partial charge on any atom is 0.189 e. The molecule has 1 heterocycles. The molecule has 142 valence electrons. The van der Waals surface area contributed by atoms with Crippen molar-refractivity contribution in [2.24, 2.45) is 17.3 Å². The van der Waals surface area contributed by atoms with E-state index < -0.39 is 17.3 Å². The van der Waals surface area contributed by atoms with E-state index in [-0.39, 0.29) is 11.6 Å². The fraction of sp³-hybridized carbons (Fsp3) is 0.455. The topological polar surface area (TPSA) is 98.5 Å². The van der Waals surface area contributed by atoms with Crippen LogP contribution in [-0.2, 0) is 0 Å². The summed E-state index contributed by atoms with van der Waals surface area (Å²) in [6.07, 6.45) is 5.07. The Morgan fingerprint density at radius 1 is 1.21 bits per heavy atom. The highest BCUT2D eigenvalue weighted by Crippen LogP contribution is 2.53. The number of fused-ring (bicyclic) bond motifs is 1. The molecule has 1 aliphatic carbocycles. The molecule has 0 saturated heterocycles. The Morgan fingerprint density at radius 2 is 1.89 bits per heavy atom. The number of hydrogen-bond acceptors (Lipinski definition) is 6. The summed E-state index contributed by atoms with van der Waals surface area (Å²) in [6, 6.07) is 14.4. The maximum absolute atomic E-state index is 10.1. The third-order valence-electron chi connectivity index (χ3n) is 5.88. The zero-order valence-corrected chi connectivity index (χ0v) is 17.0. The molecule has 3 atom stereocenters. The van der Waals surface area contributed by atoms with E-state index in [1.54, 1.807) is 11.8 Å². The lowest BCUT2D eigenvalue weighted by atomic mass is 9.54. The summed E-state index contributed by atoms with van der Waals surface area (Å²) in [6.45, 7) is 4.50. The van der Waals surface area contributed by atoms with E-state index >= 15 is 0 Å². The number of hydrogen-bond donors (Lipinski definition) is 1. The van der Waals surface area contributed by atoms with E-state index in [0.29, 0.717) is 6.54 Å². The Kier molecular flexibility index (Phi) is 5.90. The molecule has 1 aromatic carbocycles. The van der Waals surface area contributed by atoms with Gasteiger partial charge in [-0.05, 0) is 42.5 Å². The Labute approximate surface area is 170 Å². The highest BCUT2D eigenvalue weighted by atomic mass is 32.2. The smallest absolute Gasteiger partial charge is 0.189 e. The van der Waals surface area contributed by atoms with Gasteiger partial charge in [0.15, 0.2) is 5.41 Å². The molecular weight excluding hydrogens is 366 g/mol. The fourth-order valence-electron chi connectivity index (χ4n) is 4.55. The standard InChI is InChI=1S/C22H23N5S/c1-3-9-27-10-8-17-18(11-23)21(26)22(13-24,14-25)20(19(17)12-27)15-4-6-16(28-2)7-5-15/h4-8,18-20,26H,3,9-10,12H2,1-2H3/t18?,19-,20+/m0/s1. The molecule has 0 bridgehead atoms. The van der Waals surface area contributed by atoms with Crippen molar-refractivity contribution in [1.29, 1.82) is 21.2 Å². The molecule has 1 aromatic rings. The van der Waals surface area contributed by atoms with Gasteiger partial charge in [0.05, 0.1) is 23.9 Å². The van der Waals surface area contributed by atoms with E-state index in [1.807, 2.05) is 36.6 Å². The van der Waals surface area contributed by atoms with Gasteiger partial charge in [0, 0.05) is 29.8 Å². The van der Waals surface area contributed by atoms with Gasteiger partial charge < -0.3 is 5.41 Å². The first-order valence-corrected chi connectivity index (χ1v) is 10.7. The normalized spacial score (nSPS) is 26.3. The summed E-state index contributed by atoms with van der Waals surface area (Å²) in [7, 11) is 0. The molecular formula is C22H23N5S. The summed E-state index contributed by atoms with van der Waals surface area (Å²) in [4.78, 5) is 3.41. The molecule has 5 nitrogen and oxygen atoms in total. The predicted molar refractivity (Wildman–Crippen MR) is 110 cm³/mol. The molecule has 1 aliphatic heterocycles. The third kappa shape index (κ3) is 3.12. The number of thioether (sulfide) groups is 1. The van der Waals surface area contributed by atoms with Crippen LogP contribution in [0.5, 0.6) is 0 Å². The lowest BCUT2D eigenvalue weighted by Crippen LogP contribution is -2.52. The van der Waals surface area contributed by atoms with Crippen molar-refractivity contribution in [3.63, 3.8) is 0 Å². The Balaban J connectivity index is 2.18. The van der Waals surface area contributed by atoms with Gasteiger partial charge in [-0.3, -0.25) is 4.90 Å². The number of rotatable bonds is 4. The molecule has 0 radical (unpaired) electrons. The second-order valence-corrected chi connectivity index (χ2v) is 8.21.